The van der Waals surface area contributed by atoms with Gasteiger partial charge in [-0.05, 0) is 6.92 Å². The number of nitrogen functional groups attached to an aromatic ring is 1. The van der Waals surface area contributed by atoms with Crippen LogP contribution in [0.25, 0.3) is 0 Å². The monoisotopic (exact) mass is 465 g/mol. The Bertz CT molecular complexity index is 1020. The Balaban J connectivity index is 2.20. The zero-order valence-corrected chi connectivity index (χ0v) is 18.3. The third-order valence-corrected chi connectivity index (χ3v) is 7.27. The largest absolute Gasteiger partial charge is 0.756 e. The minimum Gasteiger partial charge on any atom is -0.756 e. The van der Waals surface area contributed by atoms with Gasteiger partial charge in [0, 0.05) is 26.5 Å². The van der Waals surface area contributed by atoms with Crippen molar-refractivity contribution in [3.63, 3.8) is 0 Å². The second-order valence-electron chi connectivity index (χ2n) is 5.97. The van der Waals surface area contributed by atoms with Crippen molar-refractivity contribution in [1.82, 2.24) is 9.97 Å². The lowest BCUT2D eigenvalue weighted by Crippen LogP contribution is -2.41. The molecule has 2 unspecified atom stereocenters. The molecule has 0 saturated heterocycles. The molecule has 12 nitrogen and oxygen atoms in total. The molecule has 2 aromatic rings. The molecular formula is C14H19N4O8P2S-. The van der Waals surface area contributed by atoms with E-state index in [4.69, 9.17) is 10.6 Å². The summed E-state index contributed by atoms with van der Waals surface area (Å²) in [5.41, 5.74) is 7.19. The highest BCUT2D eigenvalue weighted by molar-refractivity contribution is 7.59. The van der Waals surface area contributed by atoms with E-state index in [0.717, 1.165) is 11.3 Å². The van der Waals surface area contributed by atoms with Gasteiger partial charge in [0.1, 0.15) is 11.6 Å². The van der Waals surface area contributed by atoms with Gasteiger partial charge in [-0.2, -0.15) is 4.57 Å². The molecule has 0 aliphatic rings. The number of hydrogen-bond acceptors (Lipinski definition) is 11. The van der Waals surface area contributed by atoms with E-state index in [1.807, 2.05) is 0 Å². The summed E-state index contributed by atoms with van der Waals surface area (Å²) < 4.78 is 31.6. The Morgan fingerprint density at radius 3 is 2.59 bits per heavy atom. The zero-order valence-electron chi connectivity index (χ0n) is 15.7. The smallest absolute Gasteiger partial charge is 0.305 e. The van der Waals surface area contributed by atoms with Crippen LogP contribution in [-0.2, 0) is 30.9 Å². The van der Waals surface area contributed by atoms with Crippen LogP contribution in [-0.4, -0.2) is 27.3 Å². The summed E-state index contributed by atoms with van der Waals surface area (Å²) in [6, 6.07) is 0. The molecule has 0 aliphatic carbocycles. The van der Waals surface area contributed by atoms with Crippen LogP contribution >= 0.6 is 27.0 Å². The number of carbonyl (C=O) groups excluding carboxylic acids is 1. The molecule has 160 valence electrons. The number of rotatable bonds is 9. The van der Waals surface area contributed by atoms with Crippen LogP contribution in [0.2, 0.25) is 0 Å². The fourth-order valence-electron chi connectivity index (χ4n) is 2.44. The van der Waals surface area contributed by atoms with Crippen LogP contribution < -0.4 is 20.1 Å². The second kappa shape index (κ2) is 9.07. The van der Waals surface area contributed by atoms with Crippen molar-refractivity contribution in [2.45, 2.75) is 33.7 Å². The van der Waals surface area contributed by atoms with Gasteiger partial charge in [0.25, 0.3) is 15.6 Å². The number of nitrogens with two attached hydrogens (primary N) is 1. The summed E-state index contributed by atoms with van der Waals surface area (Å²) in [6.45, 7) is 4.61. The van der Waals surface area contributed by atoms with E-state index in [2.05, 4.69) is 18.8 Å². The molecule has 3 N–H and O–H groups in total. The van der Waals surface area contributed by atoms with E-state index >= 15 is 0 Å². The molecular weight excluding hydrogens is 446 g/mol. The number of aromatic nitrogens is 3. The third kappa shape index (κ3) is 6.73. The first-order chi connectivity index (χ1) is 13.3. The van der Waals surface area contributed by atoms with Gasteiger partial charge in [0.15, 0.2) is 12.2 Å². The number of carbonyl (C=O) groups is 1. The Hall–Kier alpha value is -1.56. The number of aryl methyl sites for hydroxylation is 1. The van der Waals surface area contributed by atoms with Gasteiger partial charge in [0.2, 0.25) is 5.78 Å². The predicted molar refractivity (Wildman–Crippen MR) is 97.7 cm³/mol. The topological polar surface area (TPSA) is 192 Å². The van der Waals surface area contributed by atoms with Crippen molar-refractivity contribution in [3.8, 4) is 0 Å². The fraction of sp³-hybridized carbons (Fsp3) is 0.429. The Morgan fingerprint density at radius 1 is 1.38 bits per heavy atom. The van der Waals surface area contributed by atoms with Gasteiger partial charge >= 0.3 is 5.01 Å². The zero-order chi connectivity index (χ0) is 22.0. The van der Waals surface area contributed by atoms with Gasteiger partial charge < -0.3 is 24.9 Å². The molecule has 0 saturated carbocycles. The van der Waals surface area contributed by atoms with Crippen LogP contribution in [0, 0.1) is 13.8 Å². The molecule has 15 heteroatoms. The lowest BCUT2D eigenvalue weighted by atomic mass is 10.2. The van der Waals surface area contributed by atoms with Crippen LogP contribution in [0.3, 0.4) is 0 Å². The molecule has 0 fully saturated rings. The van der Waals surface area contributed by atoms with E-state index in [0.29, 0.717) is 27.0 Å². The van der Waals surface area contributed by atoms with Crippen molar-refractivity contribution in [1.29, 1.82) is 0 Å². The molecule has 0 bridgehead atoms. The summed E-state index contributed by atoms with van der Waals surface area (Å²) in [5.74, 6) is 0.588. The lowest BCUT2D eigenvalue weighted by molar-refractivity contribution is -0.691. The number of hydrogen-bond donors (Lipinski definition) is 2. The number of ketones is 1. The lowest BCUT2D eigenvalue weighted by Gasteiger charge is -2.26. The quantitative estimate of drug-likeness (QED) is 0.283. The predicted octanol–water partition coefficient (Wildman–Crippen LogP) is -0.220. The summed E-state index contributed by atoms with van der Waals surface area (Å²) in [5, 5.41) is 0.401. The molecule has 2 rings (SSSR count). The molecule has 2 heterocycles. The van der Waals surface area contributed by atoms with Crippen LogP contribution in [0.4, 0.5) is 5.82 Å². The maximum Gasteiger partial charge on any atom is 0.305 e. The number of phosphoric ester groups is 1. The molecule has 2 atom stereocenters. The van der Waals surface area contributed by atoms with Crippen molar-refractivity contribution >= 4 is 38.6 Å². The van der Waals surface area contributed by atoms with Crippen LogP contribution in [0.1, 0.15) is 38.7 Å². The minimum atomic E-state index is -5.49. The van der Waals surface area contributed by atoms with Crippen LogP contribution in [0.5, 0.6) is 0 Å². The number of anilines is 1. The molecule has 0 radical (unpaired) electrons. The fourth-order valence-corrected chi connectivity index (χ4v) is 5.08. The van der Waals surface area contributed by atoms with Gasteiger partial charge in [0.05, 0.1) is 17.0 Å². The summed E-state index contributed by atoms with van der Waals surface area (Å²) in [6.07, 6.45) is 1.61. The molecule has 29 heavy (non-hydrogen) atoms. The Labute approximate surface area is 170 Å². The van der Waals surface area contributed by atoms with Gasteiger partial charge in [-0.3, -0.25) is 13.9 Å². The first-order valence-corrected chi connectivity index (χ1v) is 11.9. The third-order valence-electron chi connectivity index (χ3n) is 3.70. The normalized spacial score (nSPS) is 15.7. The van der Waals surface area contributed by atoms with E-state index in [-0.39, 0.29) is 24.6 Å². The van der Waals surface area contributed by atoms with Gasteiger partial charge in [-0.15, -0.1) is 0 Å². The SMILES string of the molecule is CC(=O)c1sc(CCOP(=O)([O-])OP(=O)([O-])O)c(C)[n+]1Cc1cnc(C)nc1N. The molecule has 0 aliphatic heterocycles. The van der Waals surface area contributed by atoms with Crippen molar-refractivity contribution in [3.05, 3.63) is 33.2 Å². The number of Topliss-reactive ketones (excluding diaryl/α,β-unsaturated/α-hetero) is 1. The van der Waals surface area contributed by atoms with E-state index in [1.54, 1.807) is 24.6 Å². The molecule has 0 aromatic carbocycles. The Kier molecular flexibility index (Phi) is 7.42. The summed E-state index contributed by atoms with van der Waals surface area (Å²) in [7, 11) is -10.7. The minimum absolute atomic E-state index is 0.0494. The second-order valence-corrected chi connectivity index (χ2v) is 9.79. The van der Waals surface area contributed by atoms with Crippen LogP contribution in [0.15, 0.2) is 6.20 Å². The first-order valence-electron chi connectivity index (χ1n) is 8.11. The summed E-state index contributed by atoms with van der Waals surface area (Å²) in [4.78, 5) is 51.2. The first kappa shape index (κ1) is 23.7. The van der Waals surface area contributed by atoms with Gasteiger partial charge in [-0.25, -0.2) is 14.3 Å². The van der Waals surface area contributed by atoms with Crippen molar-refractivity contribution < 1.29 is 42.0 Å². The highest BCUT2D eigenvalue weighted by atomic mass is 32.1. The molecule has 0 amide bonds. The maximum absolute atomic E-state index is 12.0. The van der Waals surface area contributed by atoms with Gasteiger partial charge in [-0.1, -0.05) is 11.3 Å². The number of phosphoric acid groups is 2. The van der Waals surface area contributed by atoms with E-state index in [9.17, 15) is 23.7 Å². The maximum atomic E-state index is 12.0. The highest BCUT2D eigenvalue weighted by Gasteiger charge is 2.28. The number of nitrogens with zero attached hydrogens (tertiary/aromatic N) is 3. The summed E-state index contributed by atoms with van der Waals surface area (Å²) >= 11 is 1.14. The standard InChI is InChI=1S/C14H20N4O8P2S/c1-8-12(4-5-25-28(23,24)26-27(20,21)22)29-14(9(2)19)18(8)7-11-6-16-10(3)17-13(11)15/h6H,4-5,7H2,1-3H3,(H4-,15,16,17,20,21,22,23,24)/p-1. The average molecular weight is 465 g/mol. The molecule has 2 aromatic heterocycles. The number of thiazole rings is 1. The highest BCUT2D eigenvalue weighted by Crippen LogP contribution is 2.52. The van der Waals surface area contributed by atoms with Crippen molar-refractivity contribution in [2.75, 3.05) is 12.3 Å². The van der Waals surface area contributed by atoms with E-state index in [1.165, 1.54) is 6.92 Å². The average Bonchev–Trinajstić information content (AvgIpc) is 2.84. The van der Waals surface area contributed by atoms with Crippen molar-refractivity contribution in [2.24, 2.45) is 0 Å². The molecule has 0 spiro atoms. The Morgan fingerprint density at radius 2 is 2.03 bits per heavy atom. The van der Waals surface area contributed by atoms with E-state index < -0.39 is 22.3 Å².